The van der Waals surface area contributed by atoms with Crippen LogP contribution in [-0.4, -0.2) is 43.9 Å². The number of carbonyl (C=O) groups is 1. The van der Waals surface area contributed by atoms with Crippen LogP contribution in [0.15, 0.2) is 59.5 Å². The summed E-state index contributed by atoms with van der Waals surface area (Å²) in [4.78, 5) is 17.5. The summed E-state index contributed by atoms with van der Waals surface area (Å²) in [5.74, 6) is -0.437. The van der Waals surface area contributed by atoms with Gasteiger partial charge < -0.3 is 4.74 Å². The molecule has 2 aromatic rings. The molecule has 1 saturated heterocycles. The Morgan fingerprint density at radius 2 is 1.68 bits per heavy atom. The molecule has 8 heteroatoms. The van der Waals surface area contributed by atoms with Crippen LogP contribution in [0.5, 0.6) is 0 Å². The van der Waals surface area contributed by atoms with Crippen LogP contribution in [-0.2, 0) is 26.2 Å². The maximum absolute atomic E-state index is 12.8. The number of nitrogens with one attached hydrogen (secondary N) is 1. The zero-order chi connectivity index (χ0) is 20.1. The molecule has 1 heterocycles. The molecule has 2 atom stereocenters. The second kappa shape index (κ2) is 8.83. The molecule has 0 aromatic heterocycles. The number of nitrogens with zero attached hydrogens (tertiary/aromatic N) is 1. The number of amides is 1. The number of carbonyl (C=O) groups excluding carboxylic acids is 1. The van der Waals surface area contributed by atoms with Gasteiger partial charge in [0.05, 0.1) is 23.7 Å². The number of benzene rings is 2. The van der Waals surface area contributed by atoms with Crippen LogP contribution >= 0.6 is 0 Å². The third-order valence-electron chi connectivity index (χ3n) is 4.39. The predicted molar refractivity (Wildman–Crippen MR) is 104 cm³/mol. The first-order valence-electron chi connectivity index (χ1n) is 9.08. The summed E-state index contributed by atoms with van der Waals surface area (Å²) in [5, 5.41) is 0. The van der Waals surface area contributed by atoms with Crippen LogP contribution in [0.4, 0.5) is 0 Å². The monoisotopic (exact) mass is 404 g/mol. The third kappa shape index (κ3) is 4.96. The Balaban J connectivity index is 1.61. The van der Waals surface area contributed by atoms with Crippen LogP contribution in [0.1, 0.15) is 29.8 Å². The zero-order valence-corrected chi connectivity index (χ0v) is 16.7. The van der Waals surface area contributed by atoms with Crippen molar-refractivity contribution in [2.45, 2.75) is 37.6 Å². The van der Waals surface area contributed by atoms with E-state index in [1.165, 1.54) is 28.6 Å². The van der Waals surface area contributed by atoms with Gasteiger partial charge in [0, 0.05) is 18.7 Å². The summed E-state index contributed by atoms with van der Waals surface area (Å²) in [5.41, 5.74) is 3.61. The van der Waals surface area contributed by atoms with Crippen LogP contribution < -0.4 is 5.48 Å². The molecule has 2 aromatic carbocycles. The van der Waals surface area contributed by atoms with Crippen molar-refractivity contribution in [3.05, 3.63) is 65.7 Å². The first-order chi connectivity index (χ1) is 13.4. The molecule has 7 nitrogen and oxygen atoms in total. The molecule has 150 valence electrons. The fourth-order valence-electron chi connectivity index (χ4n) is 3.07. The summed E-state index contributed by atoms with van der Waals surface area (Å²) in [7, 11) is -3.63. The number of hydrogen-bond acceptors (Lipinski definition) is 5. The Morgan fingerprint density at radius 1 is 1.07 bits per heavy atom. The van der Waals surface area contributed by atoms with Gasteiger partial charge in [-0.3, -0.25) is 9.63 Å². The highest BCUT2D eigenvalue weighted by Crippen LogP contribution is 2.21. The molecule has 0 saturated carbocycles. The van der Waals surface area contributed by atoms with E-state index < -0.39 is 15.9 Å². The summed E-state index contributed by atoms with van der Waals surface area (Å²) in [6.07, 6.45) is -0.323. The van der Waals surface area contributed by atoms with Gasteiger partial charge >= 0.3 is 0 Å². The number of ether oxygens (including phenoxy) is 1. The number of morpholine rings is 1. The normalized spacial score (nSPS) is 20.6. The molecule has 28 heavy (non-hydrogen) atoms. The van der Waals surface area contributed by atoms with Crippen LogP contribution in [0, 0.1) is 0 Å². The Bertz CT molecular complexity index is 890. The quantitative estimate of drug-likeness (QED) is 0.747. The minimum absolute atomic E-state index is 0.149. The van der Waals surface area contributed by atoms with Crippen molar-refractivity contribution in [2.75, 3.05) is 13.1 Å². The van der Waals surface area contributed by atoms with Crippen LogP contribution in [0.2, 0.25) is 0 Å². The summed E-state index contributed by atoms with van der Waals surface area (Å²) >= 11 is 0. The Labute approximate surface area is 165 Å². The Morgan fingerprint density at radius 3 is 2.29 bits per heavy atom. The second-order valence-electron chi connectivity index (χ2n) is 6.81. The van der Waals surface area contributed by atoms with Crippen molar-refractivity contribution >= 4 is 15.9 Å². The topological polar surface area (TPSA) is 84.9 Å². The molecule has 0 spiro atoms. The van der Waals surface area contributed by atoms with Crippen LogP contribution in [0.3, 0.4) is 0 Å². The first kappa shape index (κ1) is 20.5. The highest BCUT2D eigenvalue weighted by molar-refractivity contribution is 7.89. The summed E-state index contributed by atoms with van der Waals surface area (Å²) in [6.45, 7) is 4.55. The van der Waals surface area contributed by atoms with Crippen molar-refractivity contribution in [2.24, 2.45) is 0 Å². The van der Waals surface area contributed by atoms with Crippen molar-refractivity contribution in [1.29, 1.82) is 0 Å². The lowest BCUT2D eigenvalue weighted by Gasteiger charge is -2.34. The molecule has 1 N–H and O–H groups in total. The predicted octanol–water partition coefficient (Wildman–Crippen LogP) is 2.35. The smallest absolute Gasteiger partial charge is 0.274 e. The van der Waals surface area contributed by atoms with E-state index in [2.05, 4.69) is 5.48 Å². The van der Waals surface area contributed by atoms with E-state index in [1.54, 1.807) is 0 Å². The Kier molecular flexibility index (Phi) is 6.46. The molecule has 0 radical (unpaired) electrons. The molecule has 3 rings (SSSR count). The van der Waals surface area contributed by atoms with Gasteiger partial charge in [0.1, 0.15) is 0 Å². The third-order valence-corrected chi connectivity index (χ3v) is 6.23. The van der Waals surface area contributed by atoms with E-state index in [9.17, 15) is 13.2 Å². The largest absolute Gasteiger partial charge is 0.373 e. The fourth-order valence-corrected chi connectivity index (χ4v) is 4.66. The van der Waals surface area contributed by atoms with Crippen molar-refractivity contribution in [3.63, 3.8) is 0 Å². The molecular formula is C20H24N2O5S. The molecule has 1 fully saturated rings. The SMILES string of the molecule is C[C@@H]1CN(S(=O)(=O)c2ccc(C(=O)NOCc3ccccc3)cc2)C[C@H](C)O1. The molecular weight excluding hydrogens is 380 g/mol. The summed E-state index contributed by atoms with van der Waals surface area (Å²) < 4.78 is 32.7. The molecule has 1 aliphatic heterocycles. The van der Waals surface area contributed by atoms with E-state index in [-0.39, 0.29) is 23.7 Å². The molecule has 0 aliphatic carbocycles. The van der Waals surface area contributed by atoms with Crippen molar-refractivity contribution in [1.82, 2.24) is 9.79 Å². The number of rotatable bonds is 6. The number of sulfonamides is 1. The zero-order valence-electron chi connectivity index (χ0n) is 15.9. The van der Waals surface area contributed by atoms with E-state index in [0.717, 1.165) is 5.56 Å². The minimum atomic E-state index is -3.63. The first-order valence-corrected chi connectivity index (χ1v) is 10.5. The standard InChI is InChI=1S/C20H24N2O5S/c1-15-12-22(13-16(2)27-15)28(24,25)19-10-8-18(9-11-19)20(23)21-26-14-17-6-4-3-5-7-17/h3-11,15-16H,12-14H2,1-2H3,(H,21,23)/t15-,16+. The average Bonchev–Trinajstić information content (AvgIpc) is 2.68. The average molecular weight is 404 g/mol. The van der Waals surface area contributed by atoms with Gasteiger partial charge in [-0.2, -0.15) is 4.31 Å². The van der Waals surface area contributed by atoms with Gasteiger partial charge in [0.2, 0.25) is 10.0 Å². The highest BCUT2D eigenvalue weighted by atomic mass is 32.2. The molecule has 0 unspecified atom stereocenters. The minimum Gasteiger partial charge on any atom is -0.373 e. The maximum atomic E-state index is 12.8. The second-order valence-corrected chi connectivity index (χ2v) is 8.75. The number of hydrogen-bond donors (Lipinski definition) is 1. The van der Waals surface area contributed by atoms with E-state index in [1.807, 2.05) is 44.2 Å². The van der Waals surface area contributed by atoms with Crippen molar-refractivity contribution in [3.8, 4) is 0 Å². The molecule has 1 amide bonds. The van der Waals surface area contributed by atoms with Crippen molar-refractivity contribution < 1.29 is 22.8 Å². The molecule has 0 bridgehead atoms. The van der Waals surface area contributed by atoms with Crippen LogP contribution in [0.25, 0.3) is 0 Å². The van der Waals surface area contributed by atoms with Gasteiger partial charge in [0.15, 0.2) is 0 Å². The molecule has 1 aliphatic rings. The van der Waals surface area contributed by atoms with E-state index in [4.69, 9.17) is 9.57 Å². The number of hydroxylamine groups is 1. The van der Waals surface area contributed by atoms with Gasteiger partial charge in [0.25, 0.3) is 5.91 Å². The fraction of sp³-hybridized carbons (Fsp3) is 0.350. The van der Waals surface area contributed by atoms with Gasteiger partial charge in [-0.15, -0.1) is 0 Å². The van der Waals surface area contributed by atoms with E-state index >= 15 is 0 Å². The lowest BCUT2D eigenvalue weighted by Crippen LogP contribution is -2.48. The van der Waals surface area contributed by atoms with E-state index in [0.29, 0.717) is 18.7 Å². The lowest BCUT2D eigenvalue weighted by molar-refractivity contribution is -0.0440. The van der Waals surface area contributed by atoms with Gasteiger partial charge in [-0.05, 0) is 43.7 Å². The van der Waals surface area contributed by atoms with Gasteiger partial charge in [-0.1, -0.05) is 30.3 Å². The Hall–Kier alpha value is -2.26. The highest BCUT2D eigenvalue weighted by Gasteiger charge is 2.32. The lowest BCUT2D eigenvalue weighted by atomic mass is 10.2. The van der Waals surface area contributed by atoms with Gasteiger partial charge in [-0.25, -0.2) is 13.9 Å². The maximum Gasteiger partial charge on any atom is 0.274 e. The summed E-state index contributed by atoms with van der Waals surface area (Å²) in [6, 6.07) is 15.3.